The Hall–Kier alpha value is -3.08. The number of halogens is 1. The van der Waals surface area contributed by atoms with Crippen molar-refractivity contribution in [1.29, 1.82) is 0 Å². The Morgan fingerprint density at radius 2 is 1.89 bits per heavy atom. The molecule has 1 N–H and O–H groups in total. The van der Waals surface area contributed by atoms with Crippen LogP contribution in [-0.4, -0.2) is 55.3 Å². The molecule has 10 heteroatoms. The van der Waals surface area contributed by atoms with Gasteiger partial charge in [0.2, 0.25) is 12.7 Å². The van der Waals surface area contributed by atoms with E-state index < -0.39 is 0 Å². The second kappa shape index (κ2) is 12.8. The van der Waals surface area contributed by atoms with Gasteiger partial charge in [0.15, 0.2) is 11.5 Å². The van der Waals surface area contributed by atoms with Crippen LogP contribution in [0.3, 0.4) is 0 Å². The maximum atomic E-state index is 13.6. The molecule has 0 aliphatic carbocycles. The zero-order valence-electron chi connectivity index (χ0n) is 19.9. The minimum absolute atomic E-state index is 0.0596. The number of carbonyl (C=O) groups excluding carboxylic acids is 2. The molecule has 0 saturated heterocycles. The van der Waals surface area contributed by atoms with Crippen molar-refractivity contribution in [3.8, 4) is 11.5 Å². The number of carbonyl (C=O) groups is 2. The Labute approximate surface area is 222 Å². The van der Waals surface area contributed by atoms with Crippen LogP contribution in [0.1, 0.15) is 16.9 Å². The molecular formula is C26H28BrN3O5S. The third-order valence-electron chi connectivity index (χ3n) is 5.60. The van der Waals surface area contributed by atoms with Crippen molar-refractivity contribution in [2.75, 3.05) is 38.9 Å². The van der Waals surface area contributed by atoms with Gasteiger partial charge in [-0.3, -0.25) is 4.79 Å². The molecule has 0 fully saturated rings. The summed E-state index contributed by atoms with van der Waals surface area (Å²) in [5, 5.41) is 4.89. The summed E-state index contributed by atoms with van der Waals surface area (Å²) in [5.74, 6) is 1.22. The highest BCUT2D eigenvalue weighted by atomic mass is 79.9. The molecule has 190 valence electrons. The minimum Gasteiger partial charge on any atom is -0.454 e. The first-order valence-corrected chi connectivity index (χ1v) is 13.2. The molecule has 0 bridgehead atoms. The fourth-order valence-corrected chi connectivity index (χ4v) is 4.86. The lowest BCUT2D eigenvalue weighted by Crippen LogP contribution is -2.44. The summed E-state index contributed by atoms with van der Waals surface area (Å²) in [5.41, 5.74) is 1.57. The molecule has 0 saturated carbocycles. The number of thiophene rings is 1. The molecule has 0 spiro atoms. The number of para-hydroxylation sites is 1. The number of ether oxygens (including phenoxy) is 3. The van der Waals surface area contributed by atoms with Gasteiger partial charge in [0, 0.05) is 36.2 Å². The predicted molar refractivity (Wildman–Crippen MR) is 142 cm³/mol. The highest BCUT2D eigenvalue weighted by Crippen LogP contribution is 2.33. The van der Waals surface area contributed by atoms with Gasteiger partial charge in [0.1, 0.15) is 6.54 Å². The van der Waals surface area contributed by atoms with E-state index in [1.54, 1.807) is 29.4 Å². The lowest BCUT2D eigenvalue weighted by atomic mass is 10.2. The van der Waals surface area contributed by atoms with Crippen LogP contribution in [0.5, 0.6) is 11.5 Å². The van der Waals surface area contributed by atoms with Gasteiger partial charge < -0.3 is 29.3 Å². The zero-order chi connectivity index (χ0) is 25.3. The molecule has 2 aromatic carbocycles. The number of hydrogen-bond acceptors (Lipinski definition) is 6. The quantitative estimate of drug-likeness (QED) is 0.313. The van der Waals surface area contributed by atoms with Crippen LogP contribution in [0.4, 0.5) is 10.5 Å². The van der Waals surface area contributed by atoms with Gasteiger partial charge in [0.25, 0.3) is 0 Å². The largest absolute Gasteiger partial charge is 0.454 e. The smallest absolute Gasteiger partial charge is 0.322 e. The maximum absolute atomic E-state index is 13.6. The molecule has 3 amide bonds. The van der Waals surface area contributed by atoms with Crippen LogP contribution in [-0.2, 0) is 22.6 Å². The first kappa shape index (κ1) is 26.0. The van der Waals surface area contributed by atoms with Gasteiger partial charge in [-0.1, -0.05) is 24.3 Å². The topological polar surface area (TPSA) is 80.3 Å². The van der Waals surface area contributed by atoms with Gasteiger partial charge >= 0.3 is 6.03 Å². The second-order valence-corrected chi connectivity index (χ2v) is 10.1. The van der Waals surface area contributed by atoms with Crippen LogP contribution in [0.2, 0.25) is 0 Å². The number of methoxy groups -OCH3 is 1. The average molecular weight is 574 g/mol. The summed E-state index contributed by atoms with van der Waals surface area (Å²) < 4.78 is 16.8. The van der Waals surface area contributed by atoms with E-state index in [0.29, 0.717) is 49.8 Å². The summed E-state index contributed by atoms with van der Waals surface area (Å²) in [7, 11) is 1.62. The Balaban J connectivity index is 1.50. The normalized spacial score (nSPS) is 11.8. The molecule has 2 heterocycles. The summed E-state index contributed by atoms with van der Waals surface area (Å²) in [4.78, 5) is 31.1. The molecule has 1 aromatic heterocycles. The van der Waals surface area contributed by atoms with Crippen LogP contribution in [0.15, 0.2) is 64.5 Å². The summed E-state index contributed by atoms with van der Waals surface area (Å²) in [6.07, 6.45) is 0.611. The Morgan fingerprint density at radius 1 is 1.06 bits per heavy atom. The molecule has 36 heavy (non-hydrogen) atoms. The molecule has 1 aliphatic heterocycles. The monoisotopic (exact) mass is 573 g/mol. The van der Waals surface area contributed by atoms with E-state index in [9.17, 15) is 9.59 Å². The fraction of sp³-hybridized carbons (Fsp3) is 0.308. The predicted octanol–water partition coefficient (Wildman–Crippen LogP) is 5.34. The molecule has 0 unspecified atom stereocenters. The number of hydrogen-bond donors (Lipinski definition) is 1. The van der Waals surface area contributed by atoms with E-state index in [1.165, 1.54) is 4.90 Å². The average Bonchev–Trinajstić information content (AvgIpc) is 3.56. The van der Waals surface area contributed by atoms with Crippen molar-refractivity contribution in [3.63, 3.8) is 0 Å². The second-order valence-electron chi connectivity index (χ2n) is 8.19. The highest BCUT2D eigenvalue weighted by Gasteiger charge is 2.23. The summed E-state index contributed by atoms with van der Waals surface area (Å²) in [6, 6.07) is 16.7. The molecule has 0 radical (unpaired) electrons. The standard InChI is InChI=1S/C26H28BrN3O5S/c1-33-12-5-11-29(26(32)28-22-8-3-2-7-21(22)27)17-25(31)30(16-20-6-4-13-36-20)15-19-9-10-23-24(14-19)35-18-34-23/h2-4,6-10,13-14H,5,11-12,15-18H2,1H3,(H,28,32). The maximum Gasteiger partial charge on any atom is 0.322 e. The number of benzene rings is 2. The van der Waals surface area contributed by atoms with Gasteiger partial charge in [0.05, 0.1) is 12.2 Å². The van der Waals surface area contributed by atoms with Gasteiger partial charge in [-0.15, -0.1) is 11.3 Å². The number of anilines is 1. The number of amides is 3. The van der Waals surface area contributed by atoms with Crippen LogP contribution < -0.4 is 14.8 Å². The van der Waals surface area contributed by atoms with Crippen molar-refractivity contribution in [2.45, 2.75) is 19.5 Å². The van der Waals surface area contributed by atoms with Crippen molar-refractivity contribution in [2.24, 2.45) is 0 Å². The van der Waals surface area contributed by atoms with Crippen LogP contribution in [0.25, 0.3) is 0 Å². The van der Waals surface area contributed by atoms with Crippen molar-refractivity contribution in [1.82, 2.24) is 9.80 Å². The number of nitrogens with zero attached hydrogens (tertiary/aromatic N) is 2. The molecule has 4 rings (SSSR count). The van der Waals surface area contributed by atoms with Gasteiger partial charge in [-0.25, -0.2) is 4.79 Å². The van der Waals surface area contributed by atoms with Gasteiger partial charge in [-0.2, -0.15) is 0 Å². The lowest BCUT2D eigenvalue weighted by molar-refractivity contribution is -0.133. The number of fused-ring (bicyclic) bond motifs is 1. The first-order chi connectivity index (χ1) is 17.5. The highest BCUT2D eigenvalue weighted by molar-refractivity contribution is 9.10. The molecule has 1 aliphatic rings. The summed E-state index contributed by atoms with van der Waals surface area (Å²) >= 11 is 5.05. The number of nitrogens with one attached hydrogen (secondary N) is 1. The van der Waals surface area contributed by atoms with Crippen molar-refractivity contribution < 1.29 is 23.8 Å². The SMILES string of the molecule is COCCCN(CC(=O)N(Cc1ccc2c(c1)OCO2)Cc1cccs1)C(=O)Nc1ccccc1Br. The zero-order valence-corrected chi connectivity index (χ0v) is 22.3. The Morgan fingerprint density at radius 3 is 2.67 bits per heavy atom. The van der Waals surface area contributed by atoms with Crippen LogP contribution in [0, 0.1) is 0 Å². The third-order valence-corrected chi connectivity index (χ3v) is 7.15. The summed E-state index contributed by atoms with van der Waals surface area (Å²) in [6.45, 7) is 1.83. The van der Waals surface area contributed by atoms with E-state index in [2.05, 4.69) is 21.2 Å². The fourth-order valence-electron chi connectivity index (χ4n) is 3.75. The molecule has 3 aromatic rings. The van der Waals surface area contributed by atoms with Crippen molar-refractivity contribution >= 4 is 44.9 Å². The van der Waals surface area contributed by atoms with E-state index in [0.717, 1.165) is 14.9 Å². The Kier molecular flexibility index (Phi) is 9.21. The van der Waals surface area contributed by atoms with Crippen LogP contribution >= 0.6 is 27.3 Å². The lowest BCUT2D eigenvalue weighted by Gasteiger charge is -2.28. The van der Waals surface area contributed by atoms with E-state index >= 15 is 0 Å². The minimum atomic E-state index is -0.342. The third kappa shape index (κ3) is 6.99. The first-order valence-electron chi connectivity index (χ1n) is 11.5. The van der Waals surface area contributed by atoms with E-state index in [4.69, 9.17) is 14.2 Å². The molecule has 8 nitrogen and oxygen atoms in total. The van der Waals surface area contributed by atoms with E-state index in [-0.39, 0.29) is 25.3 Å². The van der Waals surface area contributed by atoms with Crippen molar-refractivity contribution in [3.05, 3.63) is 74.9 Å². The number of rotatable bonds is 11. The van der Waals surface area contributed by atoms with E-state index in [1.807, 2.05) is 53.9 Å². The number of urea groups is 1. The Bertz CT molecular complexity index is 1170. The molecule has 0 atom stereocenters. The van der Waals surface area contributed by atoms with Gasteiger partial charge in [-0.05, 0) is 63.6 Å². The molecular weight excluding hydrogens is 546 g/mol.